The highest BCUT2D eigenvalue weighted by atomic mass is 32.1. The van der Waals surface area contributed by atoms with Crippen molar-refractivity contribution in [3.05, 3.63) is 24.3 Å². The van der Waals surface area contributed by atoms with Crippen molar-refractivity contribution in [2.75, 3.05) is 44.3 Å². The van der Waals surface area contributed by atoms with Gasteiger partial charge in [-0.3, -0.25) is 4.79 Å². The highest BCUT2D eigenvalue weighted by molar-refractivity contribution is 7.80. The number of anilines is 1. The summed E-state index contributed by atoms with van der Waals surface area (Å²) >= 11 is 5.57. The maximum absolute atomic E-state index is 12.8. The topological polar surface area (TPSA) is 54.0 Å². The van der Waals surface area contributed by atoms with E-state index in [9.17, 15) is 4.79 Å². The number of nitrogens with zero attached hydrogens (tertiary/aromatic N) is 2. The summed E-state index contributed by atoms with van der Waals surface area (Å²) in [5.74, 6) is 0.694. The van der Waals surface area contributed by atoms with Gasteiger partial charge in [-0.2, -0.15) is 0 Å². The zero-order chi connectivity index (χ0) is 17.6. The van der Waals surface area contributed by atoms with Crippen LogP contribution in [-0.4, -0.2) is 61.4 Å². The lowest BCUT2D eigenvalue weighted by atomic mass is 10.1. The second-order valence-electron chi connectivity index (χ2n) is 6.21. The molecule has 0 unspecified atom stereocenters. The van der Waals surface area contributed by atoms with E-state index in [2.05, 4.69) is 12.2 Å². The molecule has 0 aliphatic carbocycles. The average molecular weight is 363 g/mol. The van der Waals surface area contributed by atoms with Gasteiger partial charge in [-0.05, 0) is 30.8 Å². The molecule has 0 spiro atoms. The van der Waals surface area contributed by atoms with E-state index in [1.807, 2.05) is 34.1 Å². The Kier molecular flexibility index (Phi) is 6.09. The van der Waals surface area contributed by atoms with Crippen LogP contribution in [0.2, 0.25) is 0 Å². The molecule has 25 heavy (non-hydrogen) atoms. The van der Waals surface area contributed by atoms with Crippen LogP contribution in [0.15, 0.2) is 24.3 Å². The molecule has 1 fully saturated rings. The zero-order valence-corrected chi connectivity index (χ0v) is 15.4. The van der Waals surface area contributed by atoms with E-state index in [0.29, 0.717) is 43.7 Å². The number of morpholine rings is 1. The van der Waals surface area contributed by atoms with Gasteiger partial charge in [-0.15, -0.1) is 0 Å². The number of ether oxygens (including phenoxy) is 2. The number of unbranched alkanes of at least 4 members (excludes halogenated alkanes) is 1. The maximum atomic E-state index is 12.8. The molecule has 2 aliphatic rings. The summed E-state index contributed by atoms with van der Waals surface area (Å²) in [7, 11) is 0. The van der Waals surface area contributed by atoms with Crippen molar-refractivity contribution < 1.29 is 14.3 Å². The van der Waals surface area contributed by atoms with E-state index in [0.717, 1.165) is 25.1 Å². The number of carbonyl (C=O) groups is 1. The first-order valence-electron chi connectivity index (χ1n) is 8.88. The van der Waals surface area contributed by atoms with Crippen molar-refractivity contribution in [3.63, 3.8) is 0 Å². The monoisotopic (exact) mass is 363 g/mol. The third-order valence-electron chi connectivity index (χ3n) is 4.42. The van der Waals surface area contributed by atoms with E-state index in [4.69, 9.17) is 21.7 Å². The van der Waals surface area contributed by atoms with Crippen molar-refractivity contribution in [1.29, 1.82) is 0 Å². The summed E-state index contributed by atoms with van der Waals surface area (Å²) < 4.78 is 11.3. The molecule has 1 amide bonds. The van der Waals surface area contributed by atoms with Crippen LogP contribution in [0.1, 0.15) is 19.8 Å². The minimum Gasteiger partial charge on any atom is -0.476 e. The van der Waals surface area contributed by atoms with Gasteiger partial charge in [0, 0.05) is 19.6 Å². The van der Waals surface area contributed by atoms with Gasteiger partial charge in [0.2, 0.25) is 0 Å². The van der Waals surface area contributed by atoms with Crippen LogP contribution >= 0.6 is 12.2 Å². The number of rotatable bonds is 4. The Morgan fingerprint density at radius 3 is 2.84 bits per heavy atom. The number of fused-ring (bicyclic) bond motifs is 1. The zero-order valence-electron chi connectivity index (χ0n) is 14.6. The lowest BCUT2D eigenvalue weighted by Crippen LogP contribution is -2.55. The van der Waals surface area contributed by atoms with E-state index in [1.165, 1.54) is 0 Å². The van der Waals surface area contributed by atoms with Gasteiger partial charge in [-0.1, -0.05) is 25.5 Å². The minimum atomic E-state index is -0.557. The SMILES string of the molecule is CCCCNC(=S)N1C[C@H](C(=O)N2CCOCC2)Oc2ccccc21. The van der Waals surface area contributed by atoms with Crippen LogP contribution in [0.25, 0.3) is 0 Å². The molecule has 1 aromatic rings. The van der Waals surface area contributed by atoms with Gasteiger partial charge in [0.1, 0.15) is 5.75 Å². The lowest BCUT2D eigenvalue weighted by Gasteiger charge is -2.38. The van der Waals surface area contributed by atoms with Gasteiger partial charge >= 0.3 is 0 Å². The van der Waals surface area contributed by atoms with Crippen LogP contribution in [0.3, 0.4) is 0 Å². The number of hydrogen-bond donors (Lipinski definition) is 1. The van der Waals surface area contributed by atoms with E-state index in [-0.39, 0.29) is 5.91 Å². The van der Waals surface area contributed by atoms with Gasteiger partial charge in [0.15, 0.2) is 11.2 Å². The number of hydrogen-bond acceptors (Lipinski definition) is 4. The smallest absolute Gasteiger partial charge is 0.265 e. The molecule has 0 saturated carbocycles. The Morgan fingerprint density at radius 2 is 2.08 bits per heavy atom. The normalized spacial score (nSPS) is 19.8. The molecular formula is C18H25N3O3S. The molecule has 1 saturated heterocycles. The summed E-state index contributed by atoms with van der Waals surface area (Å²) in [4.78, 5) is 16.6. The highest BCUT2D eigenvalue weighted by Gasteiger charge is 2.35. The number of thiocarbonyl (C=S) groups is 1. The largest absolute Gasteiger partial charge is 0.476 e. The second-order valence-corrected chi connectivity index (χ2v) is 6.59. The summed E-state index contributed by atoms with van der Waals surface area (Å²) in [6.07, 6.45) is 1.61. The summed E-state index contributed by atoms with van der Waals surface area (Å²) in [5, 5.41) is 3.93. The molecule has 6 nitrogen and oxygen atoms in total. The van der Waals surface area contributed by atoms with Gasteiger partial charge < -0.3 is 24.6 Å². The van der Waals surface area contributed by atoms with Crippen LogP contribution in [-0.2, 0) is 9.53 Å². The first kappa shape index (κ1) is 17.9. The van der Waals surface area contributed by atoms with Gasteiger partial charge in [0.05, 0.1) is 25.4 Å². The molecule has 7 heteroatoms. The Hall–Kier alpha value is -1.86. The minimum absolute atomic E-state index is 0.000777. The third-order valence-corrected chi connectivity index (χ3v) is 4.79. The molecule has 3 rings (SSSR count). The van der Waals surface area contributed by atoms with Crippen LogP contribution in [0, 0.1) is 0 Å². The summed E-state index contributed by atoms with van der Waals surface area (Å²) in [5.41, 5.74) is 0.905. The summed E-state index contributed by atoms with van der Waals surface area (Å²) in [6, 6.07) is 7.72. The van der Waals surface area contributed by atoms with Crippen LogP contribution < -0.4 is 15.0 Å². The van der Waals surface area contributed by atoms with Crippen molar-refractivity contribution >= 4 is 28.9 Å². The molecule has 0 bridgehead atoms. The number of carbonyl (C=O) groups excluding carboxylic acids is 1. The molecule has 1 N–H and O–H groups in total. The van der Waals surface area contributed by atoms with Gasteiger partial charge in [-0.25, -0.2) is 0 Å². The fourth-order valence-electron chi connectivity index (χ4n) is 3.01. The van der Waals surface area contributed by atoms with Crippen molar-refractivity contribution in [3.8, 4) is 5.75 Å². The quantitative estimate of drug-likeness (QED) is 0.650. The van der Waals surface area contributed by atoms with E-state index in [1.54, 1.807) is 0 Å². The molecule has 2 heterocycles. The molecule has 0 radical (unpaired) electrons. The molecule has 0 aromatic heterocycles. The molecule has 1 aromatic carbocycles. The Balaban J connectivity index is 1.75. The Morgan fingerprint density at radius 1 is 1.32 bits per heavy atom. The summed E-state index contributed by atoms with van der Waals surface area (Å²) in [6.45, 7) is 5.78. The second kappa shape index (κ2) is 8.49. The highest BCUT2D eigenvalue weighted by Crippen LogP contribution is 2.33. The van der Waals surface area contributed by atoms with E-state index >= 15 is 0 Å². The van der Waals surface area contributed by atoms with Crippen molar-refractivity contribution in [1.82, 2.24) is 10.2 Å². The number of benzene rings is 1. The van der Waals surface area contributed by atoms with Crippen LogP contribution in [0.4, 0.5) is 5.69 Å². The molecule has 1 atom stereocenters. The van der Waals surface area contributed by atoms with Crippen LogP contribution in [0.5, 0.6) is 5.75 Å². The van der Waals surface area contributed by atoms with E-state index < -0.39 is 6.10 Å². The number of nitrogens with one attached hydrogen (secondary N) is 1. The first-order chi connectivity index (χ1) is 12.2. The third kappa shape index (κ3) is 4.22. The Labute approximate surface area is 154 Å². The first-order valence-corrected chi connectivity index (χ1v) is 9.29. The number of amides is 1. The van der Waals surface area contributed by atoms with Crippen molar-refractivity contribution in [2.45, 2.75) is 25.9 Å². The average Bonchev–Trinajstić information content (AvgIpc) is 2.67. The number of para-hydroxylation sites is 2. The predicted octanol–water partition coefficient (Wildman–Crippen LogP) is 1.79. The fourth-order valence-corrected chi connectivity index (χ4v) is 3.29. The molecule has 2 aliphatic heterocycles. The Bertz CT molecular complexity index is 619. The molecule has 136 valence electrons. The predicted molar refractivity (Wildman–Crippen MR) is 101 cm³/mol. The van der Waals surface area contributed by atoms with Gasteiger partial charge in [0.25, 0.3) is 5.91 Å². The molecular weight excluding hydrogens is 338 g/mol. The lowest BCUT2D eigenvalue weighted by molar-refractivity contribution is -0.142. The standard InChI is InChI=1S/C18H25N3O3S/c1-2-3-8-19-18(25)21-13-16(17(22)20-9-11-23-12-10-20)24-15-7-5-4-6-14(15)21/h4-7,16H,2-3,8-13H2,1H3,(H,19,25)/t16-/m1/s1. The maximum Gasteiger partial charge on any atom is 0.265 e. The van der Waals surface area contributed by atoms with Crippen molar-refractivity contribution in [2.24, 2.45) is 0 Å². The fraction of sp³-hybridized carbons (Fsp3) is 0.556.